The van der Waals surface area contributed by atoms with E-state index in [0.717, 1.165) is 12.2 Å². The second-order valence-corrected chi connectivity index (χ2v) is 5.55. The highest BCUT2D eigenvalue weighted by molar-refractivity contribution is 7.99. The van der Waals surface area contributed by atoms with E-state index in [9.17, 15) is 9.59 Å². The van der Waals surface area contributed by atoms with Gasteiger partial charge in [0.2, 0.25) is 5.91 Å². The van der Waals surface area contributed by atoms with E-state index < -0.39 is 12.0 Å². The molecule has 2 unspecified atom stereocenters. The Morgan fingerprint density at radius 1 is 1.59 bits per heavy atom. The minimum Gasteiger partial charge on any atom is -0.480 e. The number of carboxylic acid groups (broad SMARTS) is 1. The van der Waals surface area contributed by atoms with Gasteiger partial charge in [-0.25, -0.2) is 4.79 Å². The predicted molar refractivity (Wildman–Crippen MR) is 67.9 cm³/mol. The van der Waals surface area contributed by atoms with E-state index in [-0.39, 0.29) is 5.91 Å². The van der Waals surface area contributed by atoms with E-state index in [1.165, 1.54) is 4.90 Å². The van der Waals surface area contributed by atoms with Crippen LogP contribution in [0.1, 0.15) is 19.8 Å². The Labute approximate surface area is 106 Å². The van der Waals surface area contributed by atoms with E-state index in [1.807, 2.05) is 6.92 Å². The van der Waals surface area contributed by atoms with Gasteiger partial charge in [0.05, 0.1) is 0 Å². The van der Waals surface area contributed by atoms with Crippen molar-refractivity contribution in [3.8, 4) is 0 Å². The lowest BCUT2D eigenvalue weighted by molar-refractivity contribution is -0.149. The van der Waals surface area contributed by atoms with Crippen LogP contribution in [-0.2, 0) is 9.59 Å². The molecule has 98 valence electrons. The third kappa shape index (κ3) is 4.20. The topological polar surface area (TPSA) is 83.6 Å². The first-order chi connectivity index (χ1) is 8.06. The molecule has 3 N–H and O–H groups in total. The number of aliphatic carboxylic acids is 1. The van der Waals surface area contributed by atoms with Crippen molar-refractivity contribution in [2.45, 2.75) is 25.8 Å². The fraction of sp³-hybridized carbons (Fsp3) is 0.818. The van der Waals surface area contributed by atoms with E-state index in [1.54, 1.807) is 11.8 Å². The number of thioether (sulfide) groups is 1. The van der Waals surface area contributed by atoms with Gasteiger partial charge in [-0.05, 0) is 18.9 Å². The Bertz CT molecular complexity index is 286. The third-order valence-electron chi connectivity index (χ3n) is 2.99. The number of amides is 1. The maximum absolute atomic E-state index is 11.9. The highest BCUT2D eigenvalue weighted by Gasteiger charge is 2.31. The minimum atomic E-state index is -0.905. The number of hydrogen-bond donors (Lipinski definition) is 2. The zero-order valence-electron chi connectivity index (χ0n) is 10.1. The van der Waals surface area contributed by atoms with Gasteiger partial charge in [-0.1, -0.05) is 6.92 Å². The molecule has 1 heterocycles. The molecule has 2 atom stereocenters. The molecular weight excluding hydrogens is 240 g/mol. The number of rotatable bonds is 5. The van der Waals surface area contributed by atoms with E-state index in [4.69, 9.17) is 10.8 Å². The van der Waals surface area contributed by atoms with Gasteiger partial charge in [-0.3, -0.25) is 4.79 Å². The molecule has 1 amide bonds. The molecule has 0 aromatic carbocycles. The highest BCUT2D eigenvalue weighted by Crippen LogP contribution is 2.18. The Morgan fingerprint density at radius 3 is 2.88 bits per heavy atom. The van der Waals surface area contributed by atoms with Gasteiger partial charge >= 0.3 is 5.97 Å². The van der Waals surface area contributed by atoms with Crippen molar-refractivity contribution >= 4 is 23.6 Å². The Balaban J connectivity index is 2.50. The third-order valence-corrected chi connectivity index (χ3v) is 4.01. The average molecular weight is 260 g/mol. The van der Waals surface area contributed by atoms with Crippen molar-refractivity contribution in [2.24, 2.45) is 11.7 Å². The normalized spacial score (nSPS) is 22.2. The fourth-order valence-electron chi connectivity index (χ4n) is 1.74. The predicted octanol–water partition coefficient (Wildman–Crippen LogP) is 0.390. The second kappa shape index (κ2) is 6.86. The monoisotopic (exact) mass is 260 g/mol. The maximum atomic E-state index is 11.9. The SMILES string of the molecule is CC(CN)CCC(=O)N1CCSCC1C(=O)O. The lowest BCUT2D eigenvalue weighted by atomic mass is 10.1. The molecule has 0 radical (unpaired) electrons. The molecule has 17 heavy (non-hydrogen) atoms. The molecule has 0 aromatic heterocycles. The Hall–Kier alpha value is -0.750. The fourth-order valence-corrected chi connectivity index (χ4v) is 2.78. The van der Waals surface area contributed by atoms with Gasteiger partial charge < -0.3 is 15.7 Å². The van der Waals surface area contributed by atoms with Gasteiger partial charge in [0, 0.05) is 24.5 Å². The first-order valence-electron chi connectivity index (χ1n) is 5.86. The molecule has 0 aliphatic carbocycles. The molecule has 0 spiro atoms. The van der Waals surface area contributed by atoms with Crippen molar-refractivity contribution in [1.82, 2.24) is 4.90 Å². The Morgan fingerprint density at radius 2 is 2.29 bits per heavy atom. The first kappa shape index (κ1) is 14.3. The zero-order chi connectivity index (χ0) is 12.8. The largest absolute Gasteiger partial charge is 0.480 e. The molecule has 1 rings (SSSR count). The summed E-state index contributed by atoms with van der Waals surface area (Å²) in [6.07, 6.45) is 1.12. The van der Waals surface area contributed by atoms with Gasteiger partial charge in [0.15, 0.2) is 0 Å². The van der Waals surface area contributed by atoms with Crippen LogP contribution in [0.2, 0.25) is 0 Å². The minimum absolute atomic E-state index is 0.0574. The van der Waals surface area contributed by atoms with Crippen LogP contribution in [0.25, 0.3) is 0 Å². The zero-order valence-corrected chi connectivity index (χ0v) is 10.9. The molecule has 1 saturated heterocycles. The lowest BCUT2D eigenvalue weighted by Gasteiger charge is -2.32. The van der Waals surface area contributed by atoms with Crippen molar-refractivity contribution < 1.29 is 14.7 Å². The number of nitrogens with zero attached hydrogens (tertiary/aromatic N) is 1. The van der Waals surface area contributed by atoms with Gasteiger partial charge in [-0.15, -0.1) is 0 Å². The molecule has 1 aliphatic rings. The summed E-state index contributed by atoms with van der Waals surface area (Å²) in [4.78, 5) is 24.5. The summed E-state index contributed by atoms with van der Waals surface area (Å²) in [6, 6.07) is -0.658. The second-order valence-electron chi connectivity index (χ2n) is 4.40. The highest BCUT2D eigenvalue weighted by atomic mass is 32.2. The number of nitrogens with two attached hydrogens (primary N) is 1. The molecule has 6 heteroatoms. The molecular formula is C11H20N2O3S. The smallest absolute Gasteiger partial charge is 0.327 e. The summed E-state index contributed by atoms with van der Waals surface area (Å²) in [5, 5.41) is 9.05. The average Bonchev–Trinajstić information content (AvgIpc) is 2.35. The number of carboxylic acids is 1. The number of hydrogen-bond acceptors (Lipinski definition) is 4. The Kier molecular flexibility index (Phi) is 5.77. The molecule has 0 aromatic rings. The maximum Gasteiger partial charge on any atom is 0.327 e. The number of carbonyl (C=O) groups is 2. The van der Waals surface area contributed by atoms with Crippen LogP contribution >= 0.6 is 11.8 Å². The standard InChI is InChI=1S/C11H20N2O3S/c1-8(6-12)2-3-10(14)13-4-5-17-7-9(13)11(15)16/h8-9H,2-7,12H2,1H3,(H,15,16). The van der Waals surface area contributed by atoms with E-state index >= 15 is 0 Å². The van der Waals surface area contributed by atoms with Crippen LogP contribution in [0, 0.1) is 5.92 Å². The quantitative estimate of drug-likeness (QED) is 0.747. The van der Waals surface area contributed by atoms with Crippen molar-refractivity contribution in [2.75, 3.05) is 24.6 Å². The van der Waals surface area contributed by atoms with Crippen LogP contribution < -0.4 is 5.73 Å². The summed E-state index contributed by atoms with van der Waals surface area (Å²) in [5.74, 6) is 0.659. The van der Waals surface area contributed by atoms with Crippen LogP contribution in [-0.4, -0.2) is 52.5 Å². The summed E-state index contributed by atoms with van der Waals surface area (Å²) < 4.78 is 0. The first-order valence-corrected chi connectivity index (χ1v) is 7.01. The van der Waals surface area contributed by atoms with Gasteiger partial charge in [0.25, 0.3) is 0 Å². The molecule has 5 nitrogen and oxygen atoms in total. The van der Waals surface area contributed by atoms with Crippen molar-refractivity contribution in [1.29, 1.82) is 0 Å². The lowest BCUT2D eigenvalue weighted by Crippen LogP contribution is -2.50. The summed E-state index contributed by atoms with van der Waals surface area (Å²) >= 11 is 1.59. The molecule has 0 bridgehead atoms. The molecule has 1 aliphatic heterocycles. The summed E-state index contributed by atoms with van der Waals surface area (Å²) in [6.45, 7) is 3.09. The van der Waals surface area contributed by atoms with Gasteiger partial charge in [0.1, 0.15) is 6.04 Å². The van der Waals surface area contributed by atoms with Crippen molar-refractivity contribution in [3.05, 3.63) is 0 Å². The van der Waals surface area contributed by atoms with Gasteiger partial charge in [-0.2, -0.15) is 11.8 Å². The van der Waals surface area contributed by atoms with Crippen molar-refractivity contribution in [3.63, 3.8) is 0 Å². The van der Waals surface area contributed by atoms with E-state index in [0.29, 0.717) is 31.2 Å². The summed E-state index contributed by atoms with van der Waals surface area (Å²) in [5.41, 5.74) is 5.49. The van der Waals surface area contributed by atoms with Crippen LogP contribution in [0.4, 0.5) is 0 Å². The van der Waals surface area contributed by atoms with Crippen LogP contribution in [0.15, 0.2) is 0 Å². The van der Waals surface area contributed by atoms with Crippen LogP contribution in [0.5, 0.6) is 0 Å². The van der Waals surface area contributed by atoms with E-state index in [2.05, 4.69) is 0 Å². The molecule has 1 fully saturated rings. The van der Waals surface area contributed by atoms with Crippen LogP contribution in [0.3, 0.4) is 0 Å². The summed E-state index contributed by atoms with van der Waals surface area (Å²) in [7, 11) is 0. The molecule has 0 saturated carbocycles. The number of carbonyl (C=O) groups excluding carboxylic acids is 1.